The summed E-state index contributed by atoms with van der Waals surface area (Å²) in [5.41, 5.74) is 1.79. The Hall–Kier alpha value is -1.65. The summed E-state index contributed by atoms with van der Waals surface area (Å²) in [5.74, 6) is 0.648. The number of rotatable bonds is 7. The molecule has 156 valence electrons. The van der Waals surface area contributed by atoms with Crippen LogP contribution in [0.15, 0.2) is 29.3 Å². The molecule has 2 saturated carbocycles. The largest absolute Gasteiger partial charge is 0.328 e. The van der Waals surface area contributed by atoms with Gasteiger partial charge in [0.05, 0.1) is 27.7 Å². The molecule has 0 heterocycles. The molecule has 1 aromatic rings. The van der Waals surface area contributed by atoms with E-state index in [-0.39, 0.29) is 39.9 Å². The first kappa shape index (κ1) is 22.0. The fourth-order valence-electron chi connectivity index (χ4n) is 4.81. The zero-order valence-electron chi connectivity index (χ0n) is 17.4. The van der Waals surface area contributed by atoms with Crippen LogP contribution in [0.1, 0.15) is 57.3 Å². The van der Waals surface area contributed by atoms with Gasteiger partial charge >= 0.3 is 0 Å². The highest BCUT2D eigenvalue weighted by atomic mass is 35.5. The Bertz CT molecular complexity index is 857. The van der Waals surface area contributed by atoms with E-state index in [1.165, 1.54) is 0 Å². The summed E-state index contributed by atoms with van der Waals surface area (Å²) in [6, 6.07) is 4.95. The summed E-state index contributed by atoms with van der Waals surface area (Å²) >= 11 is 12.4. The van der Waals surface area contributed by atoms with Gasteiger partial charge in [0.1, 0.15) is 0 Å². The average molecular weight is 435 g/mol. The minimum absolute atomic E-state index is 0.00431. The van der Waals surface area contributed by atoms with Gasteiger partial charge in [-0.2, -0.15) is 0 Å². The average Bonchev–Trinajstić information content (AvgIpc) is 2.99. The van der Waals surface area contributed by atoms with Crippen molar-refractivity contribution in [2.75, 3.05) is 6.54 Å². The van der Waals surface area contributed by atoms with Crippen LogP contribution in [0.2, 0.25) is 10.0 Å². The van der Waals surface area contributed by atoms with Crippen LogP contribution in [-0.4, -0.2) is 35.4 Å². The van der Waals surface area contributed by atoms with Crippen LogP contribution in [0.5, 0.6) is 0 Å². The molecule has 3 rings (SSSR count). The maximum Gasteiger partial charge on any atom is 0.255 e. The normalized spacial score (nSPS) is 25.1. The third kappa shape index (κ3) is 4.02. The highest BCUT2D eigenvalue weighted by Gasteiger charge is 2.63. The Balaban J connectivity index is 1.90. The molecule has 0 bridgehead atoms. The molecule has 2 fully saturated rings. The molecule has 3 atom stereocenters. The number of ketones is 1. The van der Waals surface area contributed by atoms with Crippen molar-refractivity contribution in [3.63, 3.8) is 0 Å². The van der Waals surface area contributed by atoms with Crippen LogP contribution >= 0.6 is 23.2 Å². The Kier molecular flexibility index (Phi) is 6.26. The van der Waals surface area contributed by atoms with E-state index in [1.807, 2.05) is 13.8 Å². The second-order valence-electron chi connectivity index (χ2n) is 8.80. The third-order valence-corrected chi connectivity index (χ3v) is 7.59. The number of allylic oxidation sites excluding steroid dienone is 1. The van der Waals surface area contributed by atoms with Gasteiger partial charge < -0.3 is 10.3 Å². The van der Waals surface area contributed by atoms with Crippen LogP contribution < -0.4 is 0 Å². The maximum atomic E-state index is 13.4. The lowest BCUT2D eigenvalue weighted by atomic mass is 9.95. The van der Waals surface area contributed by atoms with Crippen LogP contribution in [0, 0.1) is 22.7 Å². The number of nitrogens with zero attached hydrogens (tertiary/aromatic N) is 1. The second-order valence-corrected chi connectivity index (χ2v) is 9.62. The molecule has 1 aromatic carbocycles. The number of carbonyl (C=O) groups is 2. The summed E-state index contributed by atoms with van der Waals surface area (Å²) in [7, 11) is 0. The number of nitrogens with one attached hydrogen (secondary N) is 1. The van der Waals surface area contributed by atoms with Gasteiger partial charge in [-0.25, -0.2) is 0 Å². The van der Waals surface area contributed by atoms with E-state index in [4.69, 9.17) is 28.6 Å². The molecular weight excluding hydrogens is 407 g/mol. The maximum absolute atomic E-state index is 13.4. The van der Waals surface area contributed by atoms with Crippen molar-refractivity contribution in [2.45, 2.75) is 53.0 Å². The molecule has 0 radical (unpaired) electrons. The van der Waals surface area contributed by atoms with E-state index in [2.05, 4.69) is 13.8 Å². The first-order valence-electron chi connectivity index (χ1n) is 10.1. The smallest absolute Gasteiger partial charge is 0.255 e. The molecule has 0 saturated heterocycles. The minimum atomic E-state index is -0.271. The first-order valence-corrected chi connectivity index (χ1v) is 10.9. The van der Waals surface area contributed by atoms with E-state index in [1.54, 1.807) is 23.1 Å². The first-order chi connectivity index (χ1) is 13.6. The lowest BCUT2D eigenvalue weighted by Crippen LogP contribution is -2.44. The Morgan fingerprint density at radius 1 is 1.21 bits per heavy atom. The molecule has 0 spiro atoms. The molecule has 4 nitrogen and oxygen atoms in total. The topological polar surface area (TPSA) is 61.2 Å². The molecule has 29 heavy (non-hydrogen) atoms. The van der Waals surface area contributed by atoms with Gasteiger partial charge in [0.25, 0.3) is 5.91 Å². The predicted molar refractivity (Wildman–Crippen MR) is 118 cm³/mol. The Morgan fingerprint density at radius 3 is 2.24 bits per heavy atom. The molecule has 6 heteroatoms. The number of fused-ring (bicyclic) bond motifs is 1. The molecule has 2 aliphatic rings. The van der Waals surface area contributed by atoms with Crippen molar-refractivity contribution >= 4 is 41.1 Å². The van der Waals surface area contributed by atoms with Gasteiger partial charge in [-0.15, -0.1) is 0 Å². The number of hydrogen-bond donors (Lipinski definition) is 1. The summed E-state index contributed by atoms with van der Waals surface area (Å²) in [5, 5.41) is 8.34. The SMILES string of the molecule is CC/C(C)=C(\C=N)C(=O)N(CC(=O)c1c(Cl)cccc1Cl)C1C[C@@H]2[C@H](C1)C2(C)C. The quantitative estimate of drug-likeness (QED) is 0.334. The number of benzene rings is 1. The van der Waals surface area contributed by atoms with Crippen molar-refractivity contribution < 1.29 is 9.59 Å². The zero-order valence-corrected chi connectivity index (χ0v) is 18.9. The molecule has 1 unspecified atom stereocenters. The summed E-state index contributed by atoms with van der Waals surface area (Å²) in [4.78, 5) is 28.1. The third-order valence-electron chi connectivity index (χ3n) is 6.96. The van der Waals surface area contributed by atoms with Crippen LogP contribution in [0.4, 0.5) is 0 Å². The fourth-order valence-corrected chi connectivity index (χ4v) is 5.42. The van der Waals surface area contributed by atoms with Crippen molar-refractivity contribution in [1.82, 2.24) is 4.90 Å². The van der Waals surface area contributed by atoms with Gasteiger partial charge in [-0.3, -0.25) is 9.59 Å². The van der Waals surface area contributed by atoms with E-state index >= 15 is 0 Å². The lowest BCUT2D eigenvalue weighted by Gasteiger charge is -2.32. The van der Waals surface area contributed by atoms with Crippen molar-refractivity contribution in [3.8, 4) is 0 Å². The summed E-state index contributed by atoms with van der Waals surface area (Å²) in [6.45, 7) is 8.27. The van der Waals surface area contributed by atoms with E-state index in [9.17, 15) is 9.59 Å². The van der Waals surface area contributed by atoms with Gasteiger partial charge in [0.15, 0.2) is 5.78 Å². The minimum Gasteiger partial charge on any atom is -0.328 e. The number of amides is 1. The monoisotopic (exact) mass is 434 g/mol. The molecule has 2 aliphatic carbocycles. The molecule has 1 N–H and O–H groups in total. The number of Topliss-reactive ketones (excluding diaryl/α,β-unsaturated/α-hetero) is 1. The summed E-state index contributed by atoms with van der Waals surface area (Å²) < 4.78 is 0. The predicted octanol–water partition coefficient (Wildman–Crippen LogP) is 5.82. The van der Waals surface area contributed by atoms with Crippen LogP contribution in [-0.2, 0) is 4.79 Å². The number of carbonyl (C=O) groups excluding carboxylic acids is 2. The highest BCUT2D eigenvalue weighted by molar-refractivity contribution is 6.40. The highest BCUT2D eigenvalue weighted by Crippen LogP contribution is 2.67. The summed E-state index contributed by atoms with van der Waals surface area (Å²) in [6.07, 6.45) is 3.57. The number of hydrogen-bond acceptors (Lipinski definition) is 3. The lowest BCUT2D eigenvalue weighted by molar-refractivity contribution is -0.128. The Labute approximate surface area is 182 Å². The zero-order chi connectivity index (χ0) is 21.5. The van der Waals surface area contributed by atoms with Crippen molar-refractivity contribution in [1.29, 1.82) is 5.41 Å². The second kappa shape index (κ2) is 8.23. The standard InChI is InChI=1S/C23H28Cl2N2O2/c1-5-13(2)15(11-26)22(29)27(14-9-16-17(10-14)23(16,3)4)12-20(28)21-18(24)7-6-8-19(21)25/h6-8,11,14,16-17,26H,5,9-10,12H2,1-4H3/b15-13+,26-11?/t14?,16-,17+. The molecular formula is C23H28Cl2N2O2. The molecule has 1 amide bonds. The van der Waals surface area contributed by atoms with Gasteiger partial charge in [0.2, 0.25) is 0 Å². The van der Waals surface area contributed by atoms with E-state index in [0.717, 1.165) is 24.6 Å². The van der Waals surface area contributed by atoms with Crippen LogP contribution in [0.3, 0.4) is 0 Å². The van der Waals surface area contributed by atoms with Gasteiger partial charge in [-0.1, -0.05) is 55.6 Å². The molecule has 0 aliphatic heterocycles. The van der Waals surface area contributed by atoms with Crippen molar-refractivity contribution in [2.24, 2.45) is 17.3 Å². The fraction of sp³-hybridized carbons (Fsp3) is 0.522. The van der Waals surface area contributed by atoms with Crippen LogP contribution in [0.25, 0.3) is 0 Å². The molecule has 0 aromatic heterocycles. The number of halogens is 2. The van der Waals surface area contributed by atoms with Gasteiger partial charge in [0, 0.05) is 12.3 Å². The Morgan fingerprint density at radius 2 is 1.76 bits per heavy atom. The van der Waals surface area contributed by atoms with Gasteiger partial charge in [-0.05, 0) is 55.6 Å². The van der Waals surface area contributed by atoms with E-state index in [0.29, 0.717) is 29.2 Å². The van der Waals surface area contributed by atoms with Crippen molar-refractivity contribution in [3.05, 3.63) is 45.0 Å². The van der Waals surface area contributed by atoms with E-state index < -0.39 is 0 Å².